The van der Waals surface area contributed by atoms with Crippen LogP contribution in [0.5, 0.6) is 0 Å². The summed E-state index contributed by atoms with van der Waals surface area (Å²) in [6, 6.07) is 9.86. The topological polar surface area (TPSA) is 65.0 Å². The molecule has 1 N–H and O–H groups in total. The van der Waals surface area contributed by atoms with Gasteiger partial charge in [0.05, 0.1) is 18.8 Å². The third-order valence-electron chi connectivity index (χ3n) is 3.14. The largest absolute Gasteiger partial charge is 0.463 e. The summed E-state index contributed by atoms with van der Waals surface area (Å²) in [6.45, 7) is 2.00. The lowest BCUT2D eigenvalue weighted by molar-refractivity contribution is -0.211. The summed E-state index contributed by atoms with van der Waals surface area (Å²) in [5.74, 6) is -0.351. The lowest BCUT2D eigenvalue weighted by Crippen LogP contribution is -2.39. The van der Waals surface area contributed by atoms with Gasteiger partial charge in [-0.3, -0.25) is 4.79 Å². The Morgan fingerprint density at radius 3 is 2.80 bits per heavy atom. The van der Waals surface area contributed by atoms with Gasteiger partial charge in [0.25, 0.3) is 0 Å². The summed E-state index contributed by atoms with van der Waals surface area (Å²) < 4.78 is 16.0. The van der Waals surface area contributed by atoms with Gasteiger partial charge < -0.3 is 19.3 Å². The molecule has 2 rings (SSSR count). The van der Waals surface area contributed by atoms with Gasteiger partial charge in [-0.25, -0.2) is 0 Å². The van der Waals surface area contributed by atoms with E-state index in [2.05, 4.69) is 0 Å². The first kappa shape index (κ1) is 15.0. The molecule has 3 unspecified atom stereocenters. The van der Waals surface area contributed by atoms with Gasteiger partial charge in [-0.2, -0.15) is 0 Å². The van der Waals surface area contributed by atoms with Crippen molar-refractivity contribution in [1.82, 2.24) is 0 Å². The molecule has 0 aromatic heterocycles. The van der Waals surface area contributed by atoms with Crippen LogP contribution in [0.15, 0.2) is 30.3 Å². The fourth-order valence-electron chi connectivity index (χ4n) is 2.19. The Kier molecular flexibility index (Phi) is 5.52. The van der Waals surface area contributed by atoms with Crippen LogP contribution in [0.4, 0.5) is 0 Å². The molecule has 1 saturated heterocycles. The number of carbonyl (C=O) groups excluding carboxylic acids is 1. The summed E-state index contributed by atoms with van der Waals surface area (Å²) in [7, 11) is 0. The van der Waals surface area contributed by atoms with Crippen molar-refractivity contribution in [2.75, 3.05) is 6.61 Å². The van der Waals surface area contributed by atoms with Crippen molar-refractivity contribution in [3.8, 4) is 0 Å². The lowest BCUT2D eigenvalue weighted by atomic mass is 10.1. The van der Waals surface area contributed by atoms with Gasteiger partial charge in [0.1, 0.15) is 6.61 Å². The average Bonchev–Trinajstić information content (AvgIpc) is 2.44. The quantitative estimate of drug-likeness (QED) is 0.830. The van der Waals surface area contributed by atoms with Crippen LogP contribution in [-0.2, 0) is 25.6 Å². The Hall–Kier alpha value is -1.43. The molecule has 0 spiro atoms. The fraction of sp³-hybridized carbons (Fsp3) is 0.533. The molecular weight excluding hydrogens is 260 g/mol. The zero-order chi connectivity index (χ0) is 14.4. The third-order valence-corrected chi connectivity index (χ3v) is 3.14. The average molecular weight is 280 g/mol. The van der Waals surface area contributed by atoms with Crippen LogP contribution in [0.3, 0.4) is 0 Å². The van der Waals surface area contributed by atoms with Crippen molar-refractivity contribution >= 4 is 5.97 Å². The summed E-state index contributed by atoms with van der Waals surface area (Å²) in [5, 5.41) is 9.67. The molecule has 5 heteroatoms. The Morgan fingerprint density at radius 1 is 1.35 bits per heavy atom. The number of esters is 1. The minimum absolute atomic E-state index is 0.0977. The van der Waals surface area contributed by atoms with Gasteiger partial charge in [-0.05, 0) is 5.56 Å². The molecule has 1 aliphatic heterocycles. The maximum absolute atomic E-state index is 10.8. The van der Waals surface area contributed by atoms with Crippen LogP contribution >= 0.6 is 0 Å². The van der Waals surface area contributed by atoms with Crippen LogP contribution in [0.1, 0.15) is 25.3 Å². The highest BCUT2D eigenvalue weighted by Gasteiger charge is 2.29. The monoisotopic (exact) mass is 280 g/mol. The van der Waals surface area contributed by atoms with Crippen molar-refractivity contribution < 1.29 is 24.1 Å². The highest BCUT2D eigenvalue weighted by Crippen LogP contribution is 2.22. The van der Waals surface area contributed by atoms with E-state index in [1.54, 1.807) is 0 Å². The minimum atomic E-state index is -0.870. The van der Waals surface area contributed by atoms with Crippen molar-refractivity contribution in [3.05, 3.63) is 35.9 Å². The predicted octanol–water partition coefficient (Wildman–Crippen LogP) is 1.63. The van der Waals surface area contributed by atoms with E-state index in [0.717, 1.165) is 5.56 Å². The molecule has 3 atom stereocenters. The zero-order valence-corrected chi connectivity index (χ0v) is 11.5. The number of aliphatic hydroxyl groups excluding tert-OH is 1. The van der Waals surface area contributed by atoms with Gasteiger partial charge in [0.15, 0.2) is 6.29 Å². The highest BCUT2D eigenvalue weighted by molar-refractivity contribution is 5.65. The normalized spacial score (nSPS) is 26.2. The van der Waals surface area contributed by atoms with Crippen molar-refractivity contribution in [1.29, 1.82) is 0 Å². The summed E-state index contributed by atoms with van der Waals surface area (Å²) in [6.07, 6.45) is -0.242. The maximum atomic E-state index is 10.8. The molecule has 1 heterocycles. The van der Waals surface area contributed by atoms with Crippen LogP contribution < -0.4 is 0 Å². The molecule has 1 aromatic carbocycles. The molecule has 1 aliphatic rings. The molecular formula is C15H20O5. The number of ether oxygens (including phenoxy) is 3. The first-order valence-corrected chi connectivity index (χ1v) is 6.76. The van der Waals surface area contributed by atoms with Gasteiger partial charge >= 0.3 is 5.97 Å². The predicted molar refractivity (Wildman–Crippen MR) is 71.8 cm³/mol. The standard InChI is InChI=1S/C15H20O5/c1-11(16)18-10-14-7-13(8-15(17)20-14)19-9-12-5-3-2-4-6-12/h2-6,13-15,17H,7-10H2,1H3. The van der Waals surface area contributed by atoms with Gasteiger partial charge in [0.2, 0.25) is 0 Å². The smallest absolute Gasteiger partial charge is 0.302 e. The molecule has 0 saturated carbocycles. The molecule has 0 amide bonds. The Bertz CT molecular complexity index is 420. The molecule has 5 nitrogen and oxygen atoms in total. The first-order chi connectivity index (χ1) is 9.63. The third kappa shape index (κ3) is 4.92. The maximum Gasteiger partial charge on any atom is 0.302 e. The molecule has 20 heavy (non-hydrogen) atoms. The Morgan fingerprint density at radius 2 is 2.10 bits per heavy atom. The zero-order valence-electron chi connectivity index (χ0n) is 11.5. The van der Waals surface area contributed by atoms with Crippen LogP contribution in [-0.4, -0.2) is 36.2 Å². The van der Waals surface area contributed by atoms with Gasteiger partial charge in [-0.1, -0.05) is 30.3 Å². The fourth-order valence-corrected chi connectivity index (χ4v) is 2.19. The van der Waals surface area contributed by atoms with E-state index >= 15 is 0 Å². The van der Waals surface area contributed by atoms with Gasteiger partial charge in [-0.15, -0.1) is 0 Å². The van der Waals surface area contributed by atoms with E-state index in [0.29, 0.717) is 19.4 Å². The summed E-state index contributed by atoms with van der Waals surface area (Å²) in [5.41, 5.74) is 1.09. The molecule has 0 aliphatic carbocycles. The number of aliphatic hydroxyl groups is 1. The van der Waals surface area contributed by atoms with E-state index in [1.165, 1.54) is 6.92 Å². The number of hydrogen-bond donors (Lipinski definition) is 1. The number of rotatable bonds is 5. The second kappa shape index (κ2) is 7.38. The van der Waals surface area contributed by atoms with E-state index in [-0.39, 0.29) is 24.8 Å². The number of carbonyl (C=O) groups is 1. The van der Waals surface area contributed by atoms with Crippen molar-refractivity contribution in [2.45, 2.75) is 44.9 Å². The highest BCUT2D eigenvalue weighted by atomic mass is 16.6. The Balaban J connectivity index is 1.80. The van der Waals surface area contributed by atoms with Crippen molar-refractivity contribution in [3.63, 3.8) is 0 Å². The van der Waals surface area contributed by atoms with Crippen molar-refractivity contribution in [2.24, 2.45) is 0 Å². The molecule has 1 fully saturated rings. The molecule has 0 bridgehead atoms. The molecule has 110 valence electrons. The Labute approximate surface area is 118 Å². The second-order valence-corrected chi connectivity index (χ2v) is 4.91. The molecule has 1 aromatic rings. The lowest BCUT2D eigenvalue weighted by Gasteiger charge is -2.32. The minimum Gasteiger partial charge on any atom is -0.463 e. The summed E-state index contributed by atoms with van der Waals surface area (Å²) in [4.78, 5) is 10.8. The van der Waals surface area contributed by atoms with E-state index < -0.39 is 6.29 Å². The van der Waals surface area contributed by atoms with Crippen LogP contribution in [0.25, 0.3) is 0 Å². The molecule has 0 radical (unpaired) electrons. The van der Waals surface area contributed by atoms with Gasteiger partial charge in [0, 0.05) is 19.8 Å². The SMILES string of the molecule is CC(=O)OCC1CC(OCc2ccccc2)CC(O)O1. The summed E-state index contributed by atoms with van der Waals surface area (Å²) >= 11 is 0. The van der Waals surface area contributed by atoms with Crippen LogP contribution in [0.2, 0.25) is 0 Å². The second-order valence-electron chi connectivity index (χ2n) is 4.91. The van der Waals surface area contributed by atoms with E-state index in [9.17, 15) is 9.90 Å². The van der Waals surface area contributed by atoms with E-state index in [4.69, 9.17) is 14.2 Å². The number of benzene rings is 1. The first-order valence-electron chi connectivity index (χ1n) is 6.76. The van der Waals surface area contributed by atoms with E-state index in [1.807, 2.05) is 30.3 Å². The number of hydrogen-bond acceptors (Lipinski definition) is 5. The van der Waals surface area contributed by atoms with Crippen LogP contribution in [0, 0.1) is 0 Å².